The maximum atomic E-state index is 12.7. The maximum absolute atomic E-state index is 12.7. The Bertz CT molecular complexity index is 1160. The molecule has 1 aromatic carbocycles. The molecule has 0 amide bonds. The fourth-order valence-electron chi connectivity index (χ4n) is 4.73. The van der Waals surface area contributed by atoms with Crippen LogP contribution in [0.5, 0.6) is 0 Å². The van der Waals surface area contributed by atoms with E-state index in [0.29, 0.717) is 23.2 Å². The standard InChI is InChI=1S/C25H33N3O4S/c1-6-22-20(15-26)23(24(28(22)5)25(29)32-7-2)18-13-11-17(12-14-18)19-9-8-10-21(19)27-33(30,31)16(3)4/h11-14,16,19,21,27H,6-10H2,1-5H3/t19-,21-/m0/s1. The van der Waals surface area contributed by atoms with E-state index in [1.807, 2.05) is 31.2 Å². The summed E-state index contributed by atoms with van der Waals surface area (Å²) in [7, 11) is -1.56. The Labute approximate surface area is 196 Å². The van der Waals surface area contributed by atoms with Crippen molar-refractivity contribution in [3.63, 3.8) is 0 Å². The summed E-state index contributed by atoms with van der Waals surface area (Å²) in [6, 6.07) is 9.95. The molecule has 1 aliphatic carbocycles. The average Bonchev–Trinajstić information content (AvgIpc) is 3.34. The summed E-state index contributed by atoms with van der Waals surface area (Å²) in [6.45, 7) is 7.32. The van der Waals surface area contributed by atoms with Crippen LogP contribution in [0.15, 0.2) is 24.3 Å². The summed E-state index contributed by atoms with van der Waals surface area (Å²) >= 11 is 0. The van der Waals surface area contributed by atoms with Gasteiger partial charge in [-0.15, -0.1) is 0 Å². The van der Waals surface area contributed by atoms with E-state index in [9.17, 15) is 18.5 Å². The highest BCUT2D eigenvalue weighted by Gasteiger charge is 2.33. The van der Waals surface area contributed by atoms with Crippen molar-refractivity contribution in [2.24, 2.45) is 7.05 Å². The smallest absolute Gasteiger partial charge is 0.355 e. The minimum atomic E-state index is -3.35. The van der Waals surface area contributed by atoms with Crippen molar-refractivity contribution in [1.29, 1.82) is 5.26 Å². The molecule has 2 aromatic rings. The predicted molar refractivity (Wildman–Crippen MR) is 128 cm³/mol. The number of sulfonamides is 1. The van der Waals surface area contributed by atoms with Crippen LogP contribution in [0.1, 0.15) is 80.2 Å². The number of rotatable bonds is 8. The van der Waals surface area contributed by atoms with Crippen molar-refractivity contribution in [2.45, 2.75) is 70.6 Å². The number of carbonyl (C=O) groups excluding carboxylic acids is 1. The quantitative estimate of drug-likeness (QED) is 0.580. The SMILES string of the molecule is CCOC(=O)c1c(-c2ccc([C@@H]3CCC[C@@H]3NS(=O)(=O)C(C)C)cc2)c(C#N)c(CC)n1C. The number of benzene rings is 1. The van der Waals surface area contributed by atoms with Gasteiger partial charge in [0.25, 0.3) is 0 Å². The highest BCUT2D eigenvalue weighted by Crippen LogP contribution is 2.38. The van der Waals surface area contributed by atoms with Gasteiger partial charge in [-0.1, -0.05) is 37.6 Å². The largest absolute Gasteiger partial charge is 0.461 e. The Hall–Kier alpha value is -2.63. The molecule has 3 rings (SSSR count). The molecule has 1 aliphatic rings. The zero-order valence-electron chi connectivity index (χ0n) is 20.0. The normalized spacial score (nSPS) is 18.5. The summed E-state index contributed by atoms with van der Waals surface area (Å²) in [5.74, 6) is -0.358. The third-order valence-corrected chi connectivity index (χ3v) is 8.38. The summed E-state index contributed by atoms with van der Waals surface area (Å²) in [5, 5.41) is 9.40. The zero-order chi connectivity index (χ0) is 24.3. The fourth-order valence-corrected chi connectivity index (χ4v) is 5.71. The zero-order valence-corrected chi connectivity index (χ0v) is 20.8. The van der Waals surface area contributed by atoms with Gasteiger partial charge < -0.3 is 9.30 Å². The molecule has 1 heterocycles. The van der Waals surface area contributed by atoms with E-state index < -0.39 is 21.2 Å². The molecule has 0 bridgehead atoms. The Balaban J connectivity index is 1.99. The third-order valence-electron chi connectivity index (χ3n) is 6.51. The summed E-state index contributed by atoms with van der Waals surface area (Å²) in [6.07, 6.45) is 3.29. The fraction of sp³-hybridized carbons (Fsp3) is 0.520. The lowest BCUT2D eigenvalue weighted by Gasteiger charge is -2.23. The first kappa shape index (κ1) is 25.0. The molecule has 33 heavy (non-hydrogen) atoms. The van der Waals surface area contributed by atoms with Crippen molar-refractivity contribution in [3.8, 4) is 17.2 Å². The van der Waals surface area contributed by atoms with Gasteiger partial charge in [0, 0.05) is 30.3 Å². The van der Waals surface area contributed by atoms with E-state index in [-0.39, 0.29) is 18.6 Å². The van der Waals surface area contributed by atoms with Gasteiger partial charge in [-0.2, -0.15) is 5.26 Å². The van der Waals surface area contributed by atoms with Gasteiger partial charge in [0.05, 0.1) is 17.4 Å². The molecular weight excluding hydrogens is 438 g/mol. The van der Waals surface area contributed by atoms with E-state index >= 15 is 0 Å². The number of esters is 1. The lowest BCUT2D eigenvalue weighted by Crippen LogP contribution is -2.40. The number of nitrogens with zero attached hydrogens (tertiary/aromatic N) is 2. The molecule has 0 unspecified atom stereocenters. The first-order chi connectivity index (χ1) is 15.7. The van der Waals surface area contributed by atoms with Gasteiger partial charge in [-0.3, -0.25) is 0 Å². The van der Waals surface area contributed by atoms with E-state index in [1.54, 1.807) is 32.4 Å². The number of hydrogen-bond acceptors (Lipinski definition) is 5. The van der Waals surface area contributed by atoms with Crippen molar-refractivity contribution in [1.82, 2.24) is 9.29 Å². The number of carbonyl (C=O) groups is 1. The Morgan fingerprint density at radius 3 is 2.45 bits per heavy atom. The van der Waals surface area contributed by atoms with Gasteiger partial charge in [-0.25, -0.2) is 17.9 Å². The Morgan fingerprint density at radius 2 is 1.91 bits per heavy atom. The van der Waals surface area contributed by atoms with Crippen LogP contribution >= 0.6 is 0 Å². The van der Waals surface area contributed by atoms with Crippen molar-refractivity contribution in [3.05, 3.63) is 46.8 Å². The monoisotopic (exact) mass is 471 g/mol. The van der Waals surface area contributed by atoms with Crippen molar-refractivity contribution in [2.75, 3.05) is 6.61 Å². The van der Waals surface area contributed by atoms with E-state index in [1.165, 1.54) is 0 Å². The number of aromatic nitrogens is 1. The van der Waals surface area contributed by atoms with Gasteiger partial charge in [0.2, 0.25) is 10.0 Å². The maximum Gasteiger partial charge on any atom is 0.355 e. The first-order valence-electron chi connectivity index (χ1n) is 11.6. The molecule has 0 spiro atoms. The molecule has 1 aromatic heterocycles. The first-order valence-corrected chi connectivity index (χ1v) is 13.1. The highest BCUT2D eigenvalue weighted by molar-refractivity contribution is 7.90. The number of ether oxygens (including phenoxy) is 1. The molecule has 1 saturated carbocycles. The number of hydrogen-bond donors (Lipinski definition) is 1. The summed E-state index contributed by atoms with van der Waals surface area (Å²) in [4.78, 5) is 12.7. The van der Waals surface area contributed by atoms with Crippen LogP contribution in [0.2, 0.25) is 0 Å². The minimum absolute atomic E-state index is 0.0921. The molecular formula is C25H33N3O4S. The van der Waals surface area contributed by atoms with Crippen LogP contribution in [-0.2, 0) is 28.2 Å². The van der Waals surface area contributed by atoms with Crippen LogP contribution in [0.4, 0.5) is 0 Å². The van der Waals surface area contributed by atoms with Crippen LogP contribution in [0.3, 0.4) is 0 Å². The number of nitrogens with one attached hydrogen (secondary N) is 1. The van der Waals surface area contributed by atoms with Gasteiger partial charge in [0.1, 0.15) is 11.8 Å². The molecule has 0 radical (unpaired) electrons. The molecule has 1 N–H and O–H groups in total. The summed E-state index contributed by atoms with van der Waals surface area (Å²) in [5.41, 5.74) is 4.06. The van der Waals surface area contributed by atoms with Gasteiger partial charge in [0.15, 0.2) is 0 Å². The second-order valence-electron chi connectivity index (χ2n) is 8.77. The molecule has 0 saturated heterocycles. The molecule has 7 nitrogen and oxygen atoms in total. The lowest BCUT2D eigenvalue weighted by molar-refractivity contribution is 0.0516. The van der Waals surface area contributed by atoms with E-state index in [0.717, 1.165) is 36.1 Å². The Morgan fingerprint density at radius 1 is 1.24 bits per heavy atom. The molecule has 8 heteroatoms. The second-order valence-corrected chi connectivity index (χ2v) is 11.0. The van der Waals surface area contributed by atoms with Crippen LogP contribution in [-0.4, -0.2) is 36.9 Å². The molecule has 0 aliphatic heterocycles. The lowest BCUT2D eigenvalue weighted by atomic mass is 9.92. The second kappa shape index (κ2) is 10.1. The topological polar surface area (TPSA) is 101 Å². The van der Waals surface area contributed by atoms with Crippen molar-refractivity contribution >= 4 is 16.0 Å². The predicted octanol–water partition coefficient (Wildman–Crippen LogP) is 4.27. The molecule has 2 atom stereocenters. The third kappa shape index (κ3) is 4.85. The molecule has 1 fully saturated rings. The van der Waals surface area contributed by atoms with Crippen molar-refractivity contribution < 1.29 is 17.9 Å². The van der Waals surface area contributed by atoms with Crippen LogP contribution in [0, 0.1) is 11.3 Å². The van der Waals surface area contributed by atoms with Gasteiger partial charge in [-0.05, 0) is 51.2 Å². The number of nitriles is 1. The molecule has 178 valence electrons. The minimum Gasteiger partial charge on any atom is -0.461 e. The average molecular weight is 472 g/mol. The van der Waals surface area contributed by atoms with Gasteiger partial charge >= 0.3 is 5.97 Å². The summed E-state index contributed by atoms with van der Waals surface area (Å²) < 4.78 is 34.7. The Kier molecular flexibility index (Phi) is 7.65. The van der Waals surface area contributed by atoms with Crippen LogP contribution < -0.4 is 4.72 Å². The van der Waals surface area contributed by atoms with Crippen LogP contribution in [0.25, 0.3) is 11.1 Å². The van der Waals surface area contributed by atoms with E-state index in [4.69, 9.17) is 4.74 Å². The van der Waals surface area contributed by atoms with E-state index in [2.05, 4.69) is 10.8 Å². The highest BCUT2D eigenvalue weighted by atomic mass is 32.2.